The van der Waals surface area contributed by atoms with Gasteiger partial charge in [-0.15, -0.1) is 0 Å². The second-order valence-electron chi connectivity index (χ2n) is 7.26. The number of likely N-dealkylation sites (tertiary alicyclic amines) is 1. The van der Waals surface area contributed by atoms with Gasteiger partial charge in [0.1, 0.15) is 5.82 Å². The molecule has 0 saturated carbocycles. The van der Waals surface area contributed by atoms with Gasteiger partial charge in [0.2, 0.25) is 0 Å². The van der Waals surface area contributed by atoms with Crippen molar-refractivity contribution in [2.75, 3.05) is 31.6 Å². The first kappa shape index (κ1) is 20.6. The third kappa shape index (κ3) is 5.25. The van der Waals surface area contributed by atoms with Gasteiger partial charge in [-0.05, 0) is 43.4 Å². The van der Waals surface area contributed by atoms with E-state index in [9.17, 15) is 4.79 Å². The van der Waals surface area contributed by atoms with Gasteiger partial charge in [0.25, 0.3) is 5.91 Å². The predicted molar refractivity (Wildman–Crippen MR) is 116 cm³/mol. The number of rotatable bonds is 8. The molecule has 2 aromatic rings. The number of anilines is 1. The number of nitrogens with zero attached hydrogens (tertiary/aromatic N) is 4. The molecule has 1 aliphatic heterocycles. The molecular weight excluding hydrogens is 368 g/mol. The highest BCUT2D eigenvalue weighted by Gasteiger charge is 2.19. The van der Waals surface area contributed by atoms with Crippen molar-refractivity contribution in [3.8, 4) is 0 Å². The second-order valence-corrected chi connectivity index (χ2v) is 8.20. The largest absolute Gasteiger partial charge is 0.360 e. The molecule has 5 nitrogen and oxygen atoms in total. The third-order valence-corrected chi connectivity index (χ3v) is 5.94. The van der Waals surface area contributed by atoms with Gasteiger partial charge in [0.15, 0.2) is 5.16 Å². The Morgan fingerprint density at radius 3 is 2.50 bits per heavy atom. The zero-order valence-electron chi connectivity index (χ0n) is 17.1. The molecule has 1 aromatic carbocycles. The van der Waals surface area contributed by atoms with E-state index in [1.54, 1.807) is 11.8 Å². The van der Waals surface area contributed by atoms with E-state index in [1.807, 2.05) is 29.2 Å². The van der Waals surface area contributed by atoms with E-state index in [0.717, 1.165) is 73.3 Å². The minimum atomic E-state index is 0.152. The fraction of sp³-hybridized carbons (Fsp3) is 0.500. The summed E-state index contributed by atoms with van der Waals surface area (Å²) in [7, 11) is 2.08. The lowest BCUT2D eigenvalue weighted by Crippen LogP contribution is -2.27. The fourth-order valence-corrected chi connectivity index (χ4v) is 4.17. The number of aromatic nitrogens is 2. The van der Waals surface area contributed by atoms with E-state index in [-0.39, 0.29) is 5.91 Å². The Kier molecular flexibility index (Phi) is 7.31. The minimum Gasteiger partial charge on any atom is -0.360 e. The van der Waals surface area contributed by atoms with Crippen molar-refractivity contribution >= 4 is 23.5 Å². The van der Waals surface area contributed by atoms with Gasteiger partial charge in [-0.1, -0.05) is 37.7 Å². The molecule has 150 valence electrons. The number of carbonyl (C=O) groups is 1. The van der Waals surface area contributed by atoms with Crippen molar-refractivity contribution in [2.24, 2.45) is 0 Å². The Hall–Kier alpha value is -2.08. The standard InChI is InChI=1S/C22H30N4OS/c1-4-12-25(3)20-15-19(5-2)23-22(24-20)28-16-17-8-10-18(11-9-17)21(27)26-13-6-7-14-26/h8-11,15H,4-7,12-14,16H2,1-3H3. The Bertz CT molecular complexity index is 788. The Morgan fingerprint density at radius 1 is 1.14 bits per heavy atom. The summed E-state index contributed by atoms with van der Waals surface area (Å²) in [6, 6.07) is 10.1. The van der Waals surface area contributed by atoms with Gasteiger partial charge < -0.3 is 9.80 Å². The molecule has 28 heavy (non-hydrogen) atoms. The molecule has 3 rings (SSSR count). The number of benzene rings is 1. The predicted octanol–water partition coefficient (Wildman–Crippen LogP) is 4.41. The molecule has 0 unspecified atom stereocenters. The zero-order chi connectivity index (χ0) is 19.9. The van der Waals surface area contributed by atoms with Crippen LogP contribution in [0.2, 0.25) is 0 Å². The van der Waals surface area contributed by atoms with Crippen LogP contribution >= 0.6 is 11.8 Å². The van der Waals surface area contributed by atoms with E-state index in [1.165, 1.54) is 5.56 Å². The lowest BCUT2D eigenvalue weighted by molar-refractivity contribution is 0.0793. The van der Waals surface area contributed by atoms with Crippen LogP contribution in [0.4, 0.5) is 5.82 Å². The first-order valence-corrected chi connectivity index (χ1v) is 11.2. The third-order valence-electron chi connectivity index (χ3n) is 5.02. The summed E-state index contributed by atoms with van der Waals surface area (Å²) >= 11 is 1.65. The maximum absolute atomic E-state index is 12.5. The van der Waals surface area contributed by atoms with Gasteiger partial charge in [0, 0.05) is 49.8 Å². The first-order chi connectivity index (χ1) is 13.6. The van der Waals surface area contributed by atoms with E-state index < -0.39 is 0 Å². The maximum atomic E-state index is 12.5. The van der Waals surface area contributed by atoms with Gasteiger partial charge >= 0.3 is 0 Å². The zero-order valence-corrected chi connectivity index (χ0v) is 18.0. The van der Waals surface area contributed by atoms with Gasteiger partial charge in [-0.3, -0.25) is 4.79 Å². The second kappa shape index (κ2) is 9.92. The van der Waals surface area contributed by atoms with E-state index in [2.05, 4.69) is 36.8 Å². The van der Waals surface area contributed by atoms with Crippen molar-refractivity contribution in [1.29, 1.82) is 0 Å². The van der Waals surface area contributed by atoms with Gasteiger partial charge in [-0.2, -0.15) is 0 Å². The summed E-state index contributed by atoms with van der Waals surface area (Å²) in [6.45, 7) is 7.05. The SMILES string of the molecule is CCCN(C)c1cc(CC)nc(SCc2ccc(C(=O)N3CCCC3)cc2)n1. The highest BCUT2D eigenvalue weighted by Crippen LogP contribution is 2.23. The molecule has 1 saturated heterocycles. The van der Waals surface area contributed by atoms with Crippen molar-refractivity contribution in [1.82, 2.24) is 14.9 Å². The normalized spacial score (nSPS) is 13.8. The number of amides is 1. The minimum absolute atomic E-state index is 0.152. The topological polar surface area (TPSA) is 49.3 Å². The summed E-state index contributed by atoms with van der Waals surface area (Å²) in [5.74, 6) is 1.93. The van der Waals surface area contributed by atoms with Crippen molar-refractivity contribution in [3.63, 3.8) is 0 Å². The van der Waals surface area contributed by atoms with Gasteiger partial charge in [-0.25, -0.2) is 9.97 Å². The van der Waals surface area contributed by atoms with Crippen LogP contribution in [0.5, 0.6) is 0 Å². The molecule has 0 radical (unpaired) electrons. The Balaban J connectivity index is 1.64. The van der Waals surface area contributed by atoms with Crippen molar-refractivity contribution < 1.29 is 4.79 Å². The van der Waals surface area contributed by atoms with Crippen molar-refractivity contribution in [2.45, 2.75) is 50.4 Å². The number of thioether (sulfide) groups is 1. The number of aryl methyl sites for hydroxylation is 1. The summed E-state index contributed by atoms with van der Waals surface area (Å²) in [5, 5.41) is 0.814. The lowest BCUT2D eigenvalue weighted by atomic mass is 10.1. The summed E-state index contributed by atoms with van der Waals surface area (Å²) in [6.07, 6.45) is 4.22. The smallest absolute Gasteiger partial charge is 0.253 e. The summed E-state index contributed by atoms with van der Waals surface area (Å²) in [4.78, 5) is 26.0. The molecule has 6 heteroatoms. The van der Waals surface area contributed by atoms with Crippen LogP contribution in [0, 0.1) is 0 Å². The first-order valence-electron chi connectivity index (χ1n) is 10.2. The summed E-state index contributed by atoms with van der Waals surface area (Å²) < 4.78 is 0. The molecule has 1 aliphatic rings. The lowest BCUT2D eigenvalue weighted by Gasteiger charge is -2.18. The number of carbonyl (C=O) groups excluding carboxylic acids is 1. The highest BCUT2D eigenvalue weighted by molar-refractivity contribution is 7.98. The molecule has 0 atom stereocenters. The van der Waals surface area contributed by atoms with Crippen LogP contribution in [-0.2, 0) is 12.2 Å². The quantitative estimate of drug-likeness (QED) is 0.487. The molecule has 0 spiro atoms. The molecule has 1 fully saturated rings. The fourth-order valence-electron chi connectivity index (χ4n) is 3.34. The molecule has 0 bridgehead atoms. The molecule has 2 heterocycles. The average Bonchev–Trinajstić information content (AvgIpc) is 3.27. The summed E-state index contributed by atoms with van der Waals surface area (Å²) in [5.41, 5.74) is 3.03. The van der Waals surface area contributed by atoms with Crippen LogP contribution < -0.4 is 4.90 Å². The number of hydrogen-bond donors (Lipinski definition) is 0. The van der Waals surface area contributed by atoms with E-state index in [4.69, 9.17) is 4.98 Å². The van der Waals surface area contributed by atoms with E-state index >= 15 is 0 Å². The monoisotopic (exact) mass is 398 g/mol. The van der Waals surface area contributed by atoms with Crippen LogP contribution in [-0.4, -0.2) is 47.5 Å². The maximum Gasteiger partial charge on any atom is 0.253 e. The van der Waals surface area contributed by atoms with Crippen molar-refractivity contribution in [3.05, 3.63) is 47.2 Å². The molecule has 0 N–H and O–H groups in total. The highest BCUT2D eigenvalue weighted by atomic mass is 32.2. The Labute approximate surface area is 172 Å². The van der Waals surface area contributed by atoms with Crippen LogP contribution in [0.1, 0.15) is 54.7 Å². The van der Waals surface area contributed by atoms with Crippen LogP contribution in [0.3, 0.4) is 0 Å². The van der Waals surface area contributed by atoms with Crippen LogP contribution in [0.15, 0.2) is 35.5 Å². The molecule has 1 amide bonds. The molecule has 1 aromatic heterocycles. The number of hydrogen-bond acceptors (Lipinski definition) is 5. The van der Waals surface area contributed by atoms with Gasteiger partial charge in [0.05, 0.1) is 0 Å². The van der Waals surface area contributed by atoms with E-state index in [0.29, 0.717) is 0 Å². The van der Waals surface area contributed by atoms with Crippen LogP contribution in [0.25, 0.3) is 0 Å². The molecule has 0 aliphatic carbocycles. The molecular formula is C22H30N4OS. The Morgan fingerprint density at radius 2 is 1.86 bits per heavy atom. The average molecular weight is 399 g/mol.